The molecule has 7 nitrogen and oxygen atoms in total. The predicted octanol–water partition coefficient (Wildman–Crippen LogP) is 4.24. The van der Waals surface area contributed by atoms with Crippen LogP contribution in [0.5, 0.6) is 5.75 Å². The first-order chi connectivity index (χ1) is 16.4. The summed E-state index contributed by atoms with van der Waals surface area (Å²) >= 11 is 0. The quantitative estimate of drug-likeness (QED) is 0.532. The van der Waals surface area contributed by atoms with Gasteiger partial charge in [-0.15, -0.1) is 0 Å². The fourth-order valence-corrected chi connectivity index (χ4v) is 5.49. The number of imidazole rings is 1. The molecule has 1 spiro atoms. The Balaban J connectivity index is 1.38. The zero-order valence-corrected chi connectivity index (χ0v) is 19.0. The predicted molar refractivity (Wildman–Crippen MR) is 124 cm³/mol. The van der Waals surface area contributed by atoms with Crippen LogP contribution >= 0.6 is 0 Å². The van der Waals surface area contributed by atoms with Crippen molar-refractivity contribution in [3.8, 4) is 11.8 Å². The molecule has 1 saturated heterocycles. The molecule has 2 unspecified atom stereocenters. The third-order valence-corrected chi connectivity index (χ3v) is 7.05. The molecule has 5 rings (SSSR count). The van der Waals surface area contributed by atoms with Crippen LogP contribution in [0, 0.1) is 28.5 Å². The maximum Gasteiger partial charge on any atom is 0.295 e. The van der Waals surface area contributed by atoms with Crippen molar-refractivity contribution in [3.63, 3.8) is 0 Å². The van der Waals surface area contributed by atoms with E-state index < -0.39 is 17.1 Å². The molecule has 1 aliphatic carbocycles. The van der Waals surface area contributed by atoms with Crippen LogP contribution < -0.4 is 9.64 Å². The van der Waals surface area contributed by atoms with Crippen molar-refractivity contribution < 1.29 is 18.7 Å². The van der Waals surface area contributed by atoms with Gasteiger partial charge in [0.15, 0.2) is 0 Å². The van der Waals surface area contributed by atoms with Gasteiger partial charge in [-0.1, -0.05) is 12.5 Å². The average Bonchev–Trinajstić information content (AvgIpc) is 3.32. The molecule has 2 aromatic carbocycles. The number of ketones is 1. The summed E-state index contributed by atoms with van der Waals surface area (Å²) in [6, 6.07) is 12.0. The minimum absolute atomic E-state index is 0.0177. The summed E-state index contributed by atoms with van der Waals surface area (Å²) in [6.07, 6.45) is 4.71. The molecule has 0 bridgehead atoms. The number of halogens is 1. The number of hydrogen-bond donors (Lipinski definition) is 0. The van der Waals surface area contributed by atoms with Crippen molar-refractivity contribution in [3.05, 3.63) is 54.1 Å². The molecule has 3 aromatic rings. The maximum atomic E-state index is 14.0. The summed E-state index contributed by atoms with van der Waals surface area (Å²) in [6.45, 7) is 3.38. The Morgan fingerprint density at radius 1 is 1.29 bits per heavy atom. The van der Waals surface area contributed by atoms with Crippen molar-refractivity contribution in [2.24, 2.45) is 11.3 Å². The number of aromatic nitrogens is 2. The number of ether oxygens (including phenoxy) is 1. The molecule has 2 heterocycles. The van der Waals surface area contributed by atoms with Gasteiger partial charge in [-0.05, 0) is 50.3 Å². The van der Waals surface area contributed by atoms with E-state index in [0.29, 0.717) is 55.0 Å². The average molecular weight is 461 g/mol. The van der Waals surface area contributed by atoms with Gasteiger partial charge >= 0.3 is 0 Å². The molecule has 2 aliphatic rings. The lowest BCUT2D eigenvalue weighted by Gasteiger charge is -2.36. The smallest absolute Gasteiger partial charge is 0.295 e. The van der Waals surface area contributed by atoms with Crippen LogP contribution in [0.2, 0.25) is 0 Å². The van der Waals surface area contributed by atoms with Gasteiger partial charge in [0, 0.05) is 30.9 Å². The van der Waals surface area contributed by atoms with Gasteiger partial charge in [0.25, 0.3) is 5.91 Å². The molecule has 1 aliphatic heterocycles. The summed E-state index contributed by atoms with van der Waals surface area (Å²) < 4.78 is 21.4. The van der Waals surface area contributed by atoms with E-state index in [2.05, 4.69) is 4.98 Å². The monoisotopic (exact) mass is 460 g/mol. The zero-order chi connectivity index (χ0) is 23.9. The fraction of sp³-hybridized carbons (Fsp3) is 0.385. The third-order valence-electron chi connectivity index (χ3n) is 7.05. The molecule has 1 amide bonds. The van der Waals surface area contributed by atoms with Gasteiger partial charge in [-0.3, -0.25) is 9.59 Å². The normalized spacial score (nSPS) is 22.5. The first kappa shape index (κ1) is 22.1. The second kappa shape index (κ2) is 8.56. The van der Waals surface area contributed by atoms with E-state index in [0.717, 1.165) is 12.8 Å². The largest absolute Gasteiger partial charge is 0.494 e. The zero-order valence-electron chi connectivity index (χ0n) is 19.0. The Hall–Kier alpha value is -3.73. The third kappa shape index (κ3) is 3.71. The number of benzene rings is 2. The summed E-state index contributed by atoms with van der Waals surface area (Å²) in [5.41, 5.74) is 1.14. The number of hydrogen-bond acceptors (Lipinski definition) is 5. The molecule has 8 heteroatoms. The van der Waals surface area contributed by atoms with E-state index in [9.17, 15) is 19.2 Å². The summed E-state index contributed by atoms with van der Waals surface area (Å²) in [4.78, 5) is 32.1. The lowest BCUT2D eigenvalue weighted by Crippen LogP contribution is -2.37. The first-order valence-electron chi connectivity index (χ1n) is 11.6. The number of carbonyl (C=O) groups is 2. The SMILES string of the molecule is CCOc1cccc(N2CC3(CCCC(Cn4cnc5cc(F)c(C#N)cc54)C3)C(=O)C2=O)c1. The van der Waals surface area contributed by atoms with Gasteiger partial charge in [0.2, 0.25) is 5.78 Å². The minimum Gasteiger partial charge on any atom is -0.494 e. The van der Waals surface area contributed by atoms with E-state index in [1.807, 2.05) is 35.8 Å². The van der Waals surface area contributed by atoms with Crippen LogP contribution in [0.15, 0.2) is 42.7 Å². The Kier molecular flexibility index (Phi) is 5.56. The first-order valence-corrected chi connectivity index (χ1v) is 11.6. The molecule has 0 radical (unpaired) electrons. The van der Waals surface area contributed by atoms with E-state index >= 15 is 0 Å². The highest BCUT2D eigenvalue weighted by Gasteiger charge is 2.53. The number of nitriles is 1. The number of rotatable bonds is 5. The Morgan fingerprint density at radius 2 is 2.15 bits per heavy atom. The van der Waals surface area contributed by atoms with Crippen LogP contribution in [-0.2, 0) is 16.1 Å². The standard InChI is InChI=1S/C26H25FN4O3/c1-2-34-20-7-3-6-19(10-20)31-15-26(24(32)25(31)33)8-4-5-17(12-26)14-30-16-29-22-11-21(27)18(13-28)9-23(22)30/h3,6-7,9-11,16-17H,2,4-5,8,12,14-15H2,1H3. The van der Waals surface area contributed by atoms with Gasteiger partial charge in [0.05, 0.1) is 34.9 Å². The van der Waals surface area contributed by atoms with Gasteiger partial charge in [-0.25, -0.2) is 9.37 Å². The topological polar surface area (TPSA) is 88.2 Å². The lowest BCUT2D eigenvalue weighted by atomic mass is 9.68. The van der Waals surface area contributed by atoms with E-state index in [1.165, 1.54) is 12.1 Å². The molecule has 2 fully saturated rings. The molecule has 1 aromatic heterocycles. The van der Waals surface area contributed by atoms with Crippen LogP contribution in [-0.4, -0.2) is 34.4 Å². The molecule has 34 heavy (non-hydrogen) atoms. The summed E-state index contributed by atoms with van der Waals surface area (Å²) in [7, 11) is 0. The van der Waals surface area contributed by atoms with E-state index in [-0.39, 0.29) is 17.3 Å². The Bertz CT molecular complexity index is 1330. The van der Waals surface area contributed by atoms with Crippen molar-refractivity contribution in [2.45, 2.75) is 39.2 Å². The maximum absolute atomic E-state index is 14.0. The van der Waals surface area contributed by atoms with Crippen LogP contribution in [0.4, 0.5) is 10.1 Å². The van der Waals surface area contributed by atoms with E-state index in [4.69, 9.17) is 4.74 Å². The van der Waals surface area contributed by atoms with Crippen molar-refractivity contribution in [1.29, 1.82) is 5.26 Å². The Labute approximate surface area is 196 Å². The summed E-state index contributed by atoms with van der Waals surface area (Å²) in [5.74, 6) is -0.531. The highest BCUT2D eigenvalue weighted by molar-refractivity contribution is 6.45. The highest BCUT2D eigenvalue weighted by Crippen LogP contribution is 2.46. The molecule has 0 N–H and O–H groups in total. The number of fused-ring (bicyclic) bond motifs is 1. The summed E-state index contributed by atoms with van der Waals surface area (Å²) in [5, 5.41) is 9.19. The number of carbonyl (C=O) groups excluding carboxylic acids is 2. The van der Waals surface area contributed by atoms with Gasteiger partial charge < -0.3 is 14.2 Å². The number of nitrogens with zero attached hydrogens (tertiary/aromatic N) is 4. The lowest BCUT2D eigenvalue weighted by molar-refractivity contribution is -0.139. The number of anilines is 1. The molecule has 1 saturated carbocycles. The molecular weight excluding hydrogens is 435 g/mol. The van der Waals surface area contributed by atoms with Crippen molar-refractivity contribution >= 4 is 28.4 Å². The fourth-order valence-electron chi connectivity index (χ4n) is 5.49. The second-order valence-electron chi connectivity index (χ2n) is 9.22. The second-order valence-corrected chi connectivity index (χ2v) is 9.22. The van der Waals surface area contributed by atoms with Crippen LogP contribution in [0.25, 0.3) is 11.0 Å². The Morgan fingerprint density at radius 3 is 2.94 bits per heavy atom. The molecule has 2 atom stereocenters. The molecular formula is C26H25FN4O3. The number of amides is 1. The van der Waals surface area contributed by atoms with E-state index in [1.54, 1.807) is 17.3 Å². The van der Waals surface area contributed by atoms with Gasteiger partial charge in [0.1, 0.15) is 17.6 Å². The minimum atomic E-state index is -0.706. The molecule has 174 valence electrons. The van der Waals surface area contributed by atoms with Gasteiger partial charge in [-0.2, -0.15) is 5.26 Å². The highest BCUT2D eigenvalue weighted by atomic mass is 19.1. The van der Waals surface area contributed by atoms with Crippen LogP contribution in [0.3, 0.4) is 0 Å². The number of Topliss-reactive ketones (excluding diaryl/α,β-unsaturated/α-hetero) is 1. The van der Waals surface area contributed by atoms with Crippen molar-refractivity contribution in [2.75, 3.05) is 18.1 Å². The van der Waals surface area contributed by atoms with Crippen molar-refractivity contribution in [1.82, 2.24) is 9.55 Å². The van der Waals surface area contributed by atoms with Crippen LogP contribution in [0.1, 0.15) is 38.2 Å².